The summed E-state index contributed by atoms with van der Waals surface area (Å²) in [4.78, 5) is 4.38. The van der Waals surface area contributed by atoms with Crippen molar-refractivity contribution in [3.05, 3.63) is 59.4 Å². The third-order valence-electron chi connectivity index (χ3n) is 5.60. The molecular weight excluding hydrogens is 381 g/mol. The SMILES string of the molecule is COC[C@@H]1C[C@@H]2CN(Cc3ccccc3)CCN2c2cc(F)cc(C(F)F)c2O1. The highest BCUT2D eigenvalue weighted by Crippen LogP contribution is 2.43. The van der Waals surface area contributed by atoms with Gasteiger partial charge in [-0.3, -0.25) is 4.90 Å². The number of halogens is 3. The van der Waals surface area contributed by atoms with Crippen LogP contribution in [-0.4, -0.2) is 50.4 Å². The molecule has 0 radical (unpaired) electrons. The maximum Gasteiger partial charge on any atom is 0.267 e. The summed E-state index contributed by atoms with van der Waals surface area (Å²) in [6, 6.07) is 12.4. The molecule has 29 heavy (non-hydrogen) atoms. The van der Waals surface area contributed by atoms with Crippen LogP contribution in [0.1, 0.15) is 24.0 Å². The number of methoxy groups -OCH3 is 1. The summed E-state index contributed by atoms with van der Waals surface area (Å²) < 4.78 is 52.6. The first-order chi connectivity index (χ1) is 14.0. The van der Waals surface area contributed by atoms with Crippen LogP contribution in [0.4, 0.5) is 18.9 Å². The fraction of sp³-hybridized carbons (Fsp3) is 0.455. The molecule has 2 aliphatic rings. The van der Waals surface area contributed by atoms with Crippen LogP contribution in [0.15, 0.2) is 42.5 Å². The predicted molar refractivity (Wildman–Crippen MR) is 105 cm³/mol. The van der Waals surface area contributed by atoms with Crippen LogP contribution in [0.3, 0.4) is 0 Å². The Morgan fingerprint density at radius 2 is 1.97 bits per heavy atom. The van der Waals surface area contributed by atoms with Crippen molar-refractivity contribution in [3.63, 3.8) is 0 Å². The minimum atomic E-state index is -2.81. The second-order valence-electron chi connectivity index (χ2n) is 7.64. The molecule has 1 fully saturated rings. The van der Waals surface area contributed by atoms with E-state index in [2.05, 4.69) is 17.0 Å². The number of anilines is 1. The third-order valence-corrected chi connectivity index (χ3v) is 5.60. The standard InChI is InChI=1S/C22H25F3N2O2/c1-28-14-18-11-17-13-26(12-15-5-3-2-4-6-15)7-8-27(17)20-10-16(23)9-19(22(24)25)21(20)29-18/h2-6,9-10,17-18,22H,7-8,11-14H2,1H3/t17-,18+/m1/s1. The lowest BCUT2D eigenvalue weighted by Gasteiger charge is -2.42. The van der Waals surface area contributed by atoms with Gasteiger partial charge in [-0.15, -0.1) is 0 Å². The van der Waals surface area contributed by atoms with Gasteiger partial charge < -0.3 is 14.4 Å². The van der Waals surface area contributed by atoms with E-state index in [-0.39, 0.29) is 17.9 Å². The van der Waals surface area contributed by atoms with Gasteiger partial charge in [0.25, 0.3) is 6.43 Å². The number of rotatable bonds is 5. The normalized spacial score (nSPS) is 22.0. The Balaban J connectivity index is 1.64. The minimum Gasteiger partial charge on any atom is -0.485 e. The molecule has 1 saturated heterocycles. The lowest BCUT2D eigenvalue weighted by Crippen LogP contribution is -2.53. The van der Waals surface area contributed by atoms with Crippen LogP contribution in [0.5, 0.6) is 5.75 Å². The molecule has 2 aromatic rings. The third kappa shape index (κ3) is 4.36. The van der Waals surface area contributed by atoms with Crippen molar-refractivity contribution in [2.75, 3.05) is 38.3 Å². The lowest BCUT2D eigenvalue weighted by molar-refractivity contribution is 0.0655. The predicted octanol–water partition coefficient (Wildman–Crippen LogP) is 4.25. The van der Waals surface area contributed by atoms with Gasteiger partial charge in [0.2, 0.25) is 0 Å². The summed E-state index contributed by atoms with van der Waals surface area (Å²) in [5.41, 5.74) is 1.25. The van der Waals surface area contributed by atoms with Crippen LogP contribution in [0.2, 0.25) is 0 Å². The maximum atomic E-state index is 14.2. The monoisotopic (exact) mass is 406 g/mol. The van der Waals surface area contributed by atoms with E-state index in [1.165, 1.54) is 11.6 Å². The Bertz CT molecular complexity index is 834. The Kier molecular flexibility index (Phi) is 5.96. The molecule has 0 aliphatic carbocycles. The Morgan fingerprint density at radius 3 is 2.69 bits per heavy atom. The van der Waals surface area contributed by atoms with Crippen molar-refractivity contribution < 1.29 is 22.6 Å². The molecule has 2 heterocycles. The fourth-order valence-corrected chi connectivity index (χ4v) is 4.33. The van der Waals surface area contributed by atoms with Gasteiger partial charge in [0.05, 0.1) is 17.9 Å². The number of piperazine rings is 1. The number of benzene rings is 2. The summed E-state index contributed by atoms with van der Waals surface area (Å²) in [7, 11) is 1.56. The Labute approximate surface area is 168 Å². The summed E-state index contributed by atoms with van der Waals surface area (Å²) in [5, 5.41) is 0. The van der Waals surface area contributed by atoms with Crippen LogP contribution >= 0.6 is 0 Å². The zero-order valence-corrected chi connectivity index (χ0v) is 16.4. The highest BCUT2D eigenvalue weighted by Gasteiger charge is 2.37. The topological polar surface area (TPSA) is 24.9 Å². The Hall–Kier alpha value is -2.25. The van der Waals surface area contributed by atoms with Gasteiger partial charge in [0.15, 0.2) is 5.75 Å². The summed E-state index contributed by atoms with van der Waals surface area (Å²) in [6.07, 6.45) is -2.55. The molecular formula is C22H25F3N2O2. The molecule has 0 unspecified atom stereocenters. The molecule has 0 bridgehead atoms. The van der Waals surface area contributed by atoms with Crippen molar-refractivity contribution in [1.29, 1.82) is 0 Å². The first-order valence-corrected chi connectivity index (χ1v) is 9.85. The van der Waals surface area contributed by atoms with Gasteiger partial charge in [-0.1, -0.05) is 30.3 Å². The number of hydrogen-bond donors (Lipinski definition) is 0. The quantitative estimate of drug-likeness (QED) is 0.741. The molecule has 0 spiro atoms. The van der Waals surface area contributed by atoms with E-state index in [9.17, 15) is 13.2 Å². The van der Waals surface area contributed by atoms with Crippen LogP contribution in [0.25, 0.3) is 0 Å². The molecule has 4 nitrogen and oxygen atoms in total. The van der Waals surface area contributed by atoms with Gasteiger partial charge in [-0.2, -0.15) is 0 Å². The molecule has 0 aromatic heterocycles. The lowest BCUT2D eigenvalue weighted by atomic mass is 10.0. The molecule has 4 rings (SSSR count). The average Bonchev–Trinajstić information content (AvgIpc) is 2.84. The number of ether oxygens (including phenoxy) is 2. The molecule has 0 amide bonds. The number of alkyl halides is 2. The highest BCUT2D eigenvalue weighted by molar-refractivity contribution is 5.64. The van der Waals surface area contributed by atoms with Crippen LogP contribution in [0, 0.1) is 5.82 Å². The van der Waals surface area contributed by atoms with E-state index in [0.29, 0.717) is 25.3 Å². The Morgan fingerprint density at radius 1 is 1.17 bits per heavy atom. The van der Waals surface area contributed by atoms with Crippen LogP contribution in [-0.2, 0) is 11.3 Å². The highest BCUT2D eigenvalue weighted by atomic mass is 19.3. The molecule has 2 aromatic carbocycles. The van der Waals surface area contributed by atoms with E-state index >= 15 is 0 Å². The number of nitrogens with zero attached hydrogens (tertiary/aromatic N) is 2. The second kappa shape index (κ2) is 8.63. The summed E-state index contributed by atoms with van der Waals surface area (Å²) in [6.45, 7) is 3.25. The van der Waals surface area contributed by atoms with Crippen molar-refractivity contribution in [2.45, 2.75) is 31.5 Å². The van der Waals surface area contributed by atoms with Gasteiger partial charge in [0, 0.05) is 51.8 Å². The van der Waals surface area contributed by atoms with Crippen LogP contribution < -0.4 is 9.64 Å². The van der Waals surface area contributed by atoms with E-state index < -0.39 is 17.8 Å². The summed E-state index contributed by atoms with van der Waals surface area (Å²) in [5.74, 6) is -0.583. The molecule has 0 saturated carbocycles. The zero-order chi connectivity index (χ0) is 20.4. The number of fused-ring (bicyclic) bond motifs is 3. The van der Waals surface area contributed by atoms with Gasteiger partial charge in [0.1, 0.15) is 11.9 Å². The summed E-state index contributed by atoms with van der Waals surface area (Å²) >= 11 is 0. The maximum absolute atomic E-state index is 14.2. The smallest absolute Gasteiger partial charge is 0.267 e. The van der Waals surface area contributed by atoms with Crippen molar-refractivity contribution in [3.8, 4) is 5.75 Å². The van der Waals surface area contributed by atoms with Gasteiger partial charge in [-0.05, 0) is 11.6 Å². The second-order valence-corrected chi connectivity index (χ2v) is 7.64. The van der Waals surface area contributed by atoms with E-state index in [1.807, 2.05) is 23.1 Å². The molecule has 0 N–H and O–H groups in total. The van der Waals surface area contributed by atoms with Crippen molar-refractivity contribution in [1.82, 2.24) is 4.90 Å². The zero-order valence-electron chi connectivity index (χ0n) is 16.4. The van der Waals surface area contributed by atoms with Crippen molar-refractivity contribution >= 4 is 5.69 Å². The minimum absolute atomic E-state index is 0.0289. The molecule has 2 atom stereocenters. The first kappa shape index (κ1) is 20.0. The molecule has 7 heteroatoms. The molecule has 156 valence electrons. The fourth-order valence-electron chi connectivity index (χ4n) is 4.33. The largest absolute Gasteiger partial charge is 0.485 e. The van der Waals surface area contributed by atoms with Gasteiger partial charge >= 0.3 is 0 Å². The van der Waals surface area contributed by atoms with E-state index in [4.69, 9.17) is 9.47 Å². The van der Waals surface area contributed by atoms with E-state index in [1.54, 1.807) is 7.11 Å². The average molecular weight is 406 g/mol. The molecule has 2 aliphatic heterocycles. The van der Waals surface area contributed by atoms with Crippen molar-refractivity contribution in [2.24, 2.45) is 0 Å². The van der Waals surface area contributed by atoms with Gasteiger partial charge in [-0.25, -0.2) is 13.2 Å². The number of hydrogen-bond acceptors (Lipinski definition) is 4. The first-order valence-electron chi connectivity index (χ1n) is 9.85. The van der Waals surface area contributed by atoms with E-state index in [0.717, 1.165) is 25.7 Å².